The molecule has 0 radical (unpaired) electrons. The Kier molecular flexibility index (Phi) is 5.71. The van der Waals surface area contributed by atoms with Crippen LogP contribution in [-0.4, -0.2) is 22.9 Å². The van der Waals surface area contributed by atoms with Crippen molar-refractivity contribution in [3.8, 4) is 0 Å². The van der Waals surface area contributed by atoms with Crippen molar-refractivity contribution < 1.29 is 21.6 Å². The average molecular weight is 495 g/mol. The van der Waals surface area contributed by atoms with Crippen LogP contribution in [-0.2, 0) is 20.0 Å². The fourth-order valence-corrected chi connectivity index (χ4v) is 4.13. The highest BCUT2D eigenvalue weighted by Gasteiger charge is 2.18. The number of hydrogen-bond acceptors (Lipinski definition) is 5. The number of benzene rings is 2. The molecule has 0 aliphatic rings. The van der Waals surface area contributed by atoms with E-state index in [9.17, 15) is 21.6 Å². The van der Waals surface area contributed by atoms with E-state index in [0.29, 0.717) is 3.57 Å². The van der Waals surface area contributed by atoms with Crippen LogP contribution in [0.3, 0.4) is 0 Å². The highest BCUT2D eigenvalue weighted by Crippen LogP contribution is 2.21. The molecule has 0 aliphatic heterocycles. The van der Waals surface area contributed by atoms with Crippen molar-refractivity contribution in [3.05, 3.63) is 51.6 Å². The lowest BCUT2D eigenvalue weighted by Gasteiger charge is -2.11. The molecule has 0 saturated carbocycles. The maximum atomic E-state index is 12.1. The second kappa shape index (κ2) is 7.27. The van der Waals surface area contributed by atoms with Crippen molar-refractivity contribution in [2.24, 2.45) is 5.14 Å². The highest BCUT2D eigenvalue weighted by molar-refractivity contribution is 14.1. The van der Waals surface area contributed by atoms with Crippen LogP contribution >= 0.6 is 22.6 Å². The van der Waals surface area contributed by atoms with Crippen molar-refractivity contribution in [1.29, 1.82) is 0 Å². The molecule has 0 spiro atoms. The van der Waals surface area contributed by atoms with Gasteiger partial charge in [0.25, 0.3) is 10.0 Å². The number of urea groups is 1. The van der Waals surface area contributed by atoms with Gasteiger partial charge in [-0.1, -0.05) is 17.7 Å². The second-order valence-electron chi connectivity index (χ2n) is 5.06. The predicted molar refractivity (Wildman–Crippen MR) is 101 cm³/mol. The van der Waals surface area contributed by atoms with Crippen LogP contribution in [0.15, 0.2) is 52.3 Å². The summed E-state index contributed by atoms with van der Waals surface area (Å²) in [6.07, 6.45) is 0. The van der Waals surface area contributed by atoms with Crippen LogP contribution in [0.1, 0.15) is 5.56 Å². The Labute approximate surface area is 159 Å². The van der Waals surface area contributed by atoms with Crippen LogP contribution in [0.4, 0.5) is 10.5 Å². The van der Waals surface area contributed by atoms with Gasteiger partial charge < -0.3 is 5.32 Å². The number of rotatable bonds is 4. The molecule has 2 amide bonds. The van der Waals surface area contributed by atoms with Gasteiger partial charge in [0.2, 0.25) is 10.0 Å². The van der Waals surface area contributed by atoms with Gasteiger partial charge in [0.15, 0.2) is 0 Å². The summed E-state index contributed by atoms with van der Waals surface area (Å²) in [6, 6.07) is 8.82. The Morgan fingerprint density at radius 2 is 1.56 bits per heavy atom. The number of aryl methyl sites for hydroxylation is 1. The van der Waals surface area contributed by atoms with E-state index in [1.165, 1.54) is 30.3 Å². The predicted octanol–water partition coefficient (Wildman–Crippen LogP) is 1.76. The van der Waals surface area contributed by atoms with Gasteiger partial charge in [-0.05, 0) is 59.8 Å². The number of halogens is 1. The Bertz CT molecular complexity index is 1020. The average Bonchev–Trinajstić information content (AvgIpc) is 2.48. The summed E-state index contributed by atoms with van der Waals surface area (Å²) in [5.74, 6) is 0. The molecule has 25 heavy (non-hydrogen) atoms. The standard InChI is InChI=1S/C14H14IN3O5S2/c1-9-2-4-10(5-3-9)25(22,23)18-14(19)17-13-7-6-11(8-12(13)15)24(16,20)21/h2-8H,1H3,(H2,16,20,21)(H2,17,18,19). The second-order valence-corrected chi connectivity index (χ2v) is 9.47. The first-order valence-electron chi connectivity index (χ1n) is 6.72. The fourth-order valence-electron chi connectivity index (χ4n) is 1.82. The van der Waals surface area contributed by atoms with Gasteiger partial charge >= 0.3 is 6.03 Å². The molecule has 0 bridgehead atoms. The van der Waals surface area contributed by atoms with Crippen LogP contribution in [0.2, 0.25) is 0 Å². The largest absolute Gasteiger partial charge is 0.333 e. The van der Waals surface area contributed by atoms with Gasteiger partial charge in [-0.2, -0.15) is 0 Å². The van der Waals surface area contributed by atoms with Crippen molar-refractivity contribution in [2.75, 3.05) is 5.32 Å². The Morgan fingerprint density at radius 3 is 2.08 bits per heavy atom. The molecule has 2 aromatic rings. The quantitative estimate of drug-likeness (QED) is 0.556. The third-order valence-electron chi connectivity index (χ3n) is 3.08. The van der Waals surface area contributed by atoms with Gasteiger partial charge in [0, 0.05) is 3.57 Å². The number of primary sulfonamides is 1. The van der Waals surface area contributed by atoms with Crippen molar-refractivity contribution in [2.45, 2.75) is 16.7 Å². The monoisotopic (exact) mass is 495 g/mol. The molecule has 0 saturated heterocycles. The molecule has 4 N–H and O–H groups in total. The Hall–Kier alpha value is -1.70. The topological polar surface area (TPSA) is 135 Å². The molecule has 2 rings (SSSR count). The zero-order chi connectivity index (χ0) is 18.8. The normalized spacial score (nSPS) is 11.8. The van der Waals surface area contributed by atoms with Gasteiger partial charge in [0.1, 0.15) is 0 Å². The van der Waals surface area contributed by atoms with Crippen LogP contribution in [0.5, 0.6) is 0 Å². The summed E-state index contributed by atoms with van der Waals surface area (Å²) >= 11 is 1.80. The minimum absolute atomic E-state index is 0.0486. The molecule has 8 nitrogen and oxygen atoms in total. The van der Waals surface area contributed by atoms with Crippen LogP contribution in [0.25, 0.3) is 0 Å². The van der Waals surface area contributed by atoms with Crippen LogP contribution in [0, 0.1) is 10.5 Å². The molecule has 0 aromatic heterocycles. The van der Waals surface area contributed by atoms with E-state index in [0.717, 1.165) is 5.56 Å². The van der Waals surface area contributed by atoms with E-state index in [1.807, 2.05) is 11.6 Å². The zero-order valence-electron chi connectivity index (χ0n) is 12.9. The van der Waals surface area contributed by atoms with Gasteiger partial charge in [-0.25, -0.2) is 31.5 Å². The molecule has 0 atom stereocenters. The number of sulfonamides is 2. The van der Waals surface area contributed by atoms with Gasteiger partial charge in [-0.15, -0.1) is 0 Å². The summed E-state index contributed by atoms with van der Waals surface area (Å²) in [5, 5.41) is 7.38. The number of hydrogen-bond donors (Lipinski definition) is 3. The zero-order valence-corrected chi connectivity index (χ0v) is 16.6. The van der Waals surface area contributed by atoms with E-state index in [2.05, 4.69) is 5.32 Å². The maximum Gasteiger partial charge on any atom is 0.333 e. The SMILES string of the molecule is Cc1ccc(S(=O)(=O)NC(=O)Nc2ccc(S(N)(=O)=O)cc2I)cc1. The lowest BCUT2D eigenvalue weighted by atomic mass is 10.2. The molecule has 2 aromatic carbocycles. The minimum Gasteiger partial charge on any atom is -0.306 e. The lowest BCUT2D eigenvalue weighted by Crippen LogP contribution is -2.34. The van der Waals surface area contributed by atoms with Crippen LogP contribution < -0.4 is 15.2 Å². The van der Waals surface area contributed by atoms with E-state index in [1.54, 1.807) is 34.7 Å². The number of carbonyl (C=O) groups is 1. The minimum atomic E-state index is -4.02. The summed E-state index contributed by atoms with van der Waals surface area (Å²) in [5.41, 5.74) is 1.12. The molecular formula is C14H14IN3O5S2. The summed E-state index contributed by atoms with van der Waals surface area (Å²) in [7, 11) is -7.89. The third kappa shape index (κ3) is 5.14. The molecule has 11 heteroatoms. The Morgan fingerprint density at radius 1 is 1.00 bits per heavy atom. The third-order valence-corrected chi connectivity index (χ3v) is 6.23. The first-order chi connectivity index (χ1) is 11.5. The summed E-state index contributed by atoms with van der Waals surface area (Å²) in [4.78, 5) is 11.8. The number of nitrogens with two attached hydrogens (primary N) is 1. The molecule has 0 aliphatic carbocycles. The van der Waals surface area contributed by atoms with Crippen molar-refractivity contribution in [3.63, 3.8) is 0 Å². The smallest absolute Gasteiger partial charge is 0.306 e. The molecule has 0 heterocycles. The summed E-state index contributed by atoms with van der Waals surface area (Å²) in [6.45, 7) is 1.81. The molecule has 134 valence electrons. The number of anilines is 1. The molecule has 0 fully saturated rings. The Balaban J connectivity index is 2.16. The van der Waals surface area contributed by atoms with Crippen molar-refractivity contribution >= 4 is 54.4 Å². The maximum absolute atomic E-state index is 12.1. The first kappa shape index (κ1) is 19.6. The van der Waals surface area contributed by atoms with Gasteiger partial charge in [-0.3, -0.25) is 0 Å². The first-order valence-corrected chi connectivity index (χ1v) is 10.8. The summed E-state index contributed by atoms with van der Waals surface area (Å²) < 4.78 is 49.1. The highest BCUT2D eigenvalue weighted by atomic mass is 127. The van der Waals surface area contributed by atoms with E-state index >= 15 is 0 Å². The fraction of sp³-hybridized carbons (Fsp3) is 0.0714. The number of amides is 2. The number of nitrogens with one attached hydrogen (secondary N) is 2. The van der Waals surface area contributed by atoms with E-state index in [4.69, 9.17) is 5.14 Å². The van der Waals surface area contributed by atoms with E-state index < -0.39 is 26.1 Å². The van der Waals surface area contributed by atoms with E-state index in [-0.39, 0.29) is 15.5 Å². The van der Waals surface area contributed by atoms with Gasteiger partial charge in [0.05, 0.1) is 15.5 Å². The van der Waals surface area contributed by atoms with Crippen molar-refractivity contribution in [1.82, 2.24) is 4.72 Å². The number of carbonyl (C=O) groups excluding carboxylic acids is 1. The molecular weight excluding hydrogens is 481 g/mol. The lowest BCUT2D eigenvalue weighted by molar-refractivity contribution is 0.256. The molecule has 0 unspecified atom stereocenters.